The average Bonchev–Trinajstić information content (AvgIpc) is 2.86. The minimum absolute atomic E-state index is 0.278. The lowest BCUT2D eigenvalue weighted by Gasteiger charge is -2.08. The number of benzene rings is 2. The number of tetrazole rings is 1. The Labute approximate surface area is 125 Å². The first-order valence-electron chi connectivity index (χ1n) is 6.16. The molecule has 106 valence electrons. The van der Waals surface area contributed by atoms with Crippen LogP contribution in [-0.2, 0) is 0 Å². The molecule has 0 aliphatic heterocycles. The van der Waals surface area contributed by atoms with Crippen molar-refractivity contribution in [3.63, 3.8) is 0 Å². The first kappa shape index (κ1) is 13.5. The second-order valence-electron chi connectivity index (χ2n) is 4.62. The lowest BCUT2D eigenvalue weighted by Crippen LogP contribution is -2.01. The maximum absolute atomic E-state index is 13.5. The molecule has 5 nitrogen and oxygen atoms in total. The van der Waals surface area contributed by atoms with Crippen molar-refractivity contribution in [1.82, 2.24) is 20.2 Å². The highest BCUT2D eigenvalue weighted by atomic mass is 35.5. The Morgan fingerprint density at radius 1 is 1.19 bits per heavy atom. The van der Waals surface area contributed by atoms with E-state index in [2.05, 4.69) is 15.5 Å². The summed E-state index contributed by atoms with van der Waals surface area (Å²) in [6.45, 7) is 1.91. The largest absolute Gasteiger partial charge is 0.399 e. The van der Waals surface area contributed by atoms with Crippen LogP contribution in [0.4, 0.5) is 10.1 Å². The van der Waals surface area contributed by atoms with Gasteiger partial charge in [-0.05, 0) is 59.3 Å². The second kappa shape index (κ2) is 5.14. The molecule has 0 amide bonds. The summed E-state index contributed by atoms with van der Waals surface area (Å²) in [6, 6.07) is 9.56. The van der Waals surface area contributed by atoms with Gasteiger partial charge in [-0.2, -0.15) is 4.68 Å². The number of hydrogen-bond donors (Lipinski definition) is 1. The molecule has 0 spiro atoms. The fourth-order valence-electron chi connectivity index (χ4n) is 2.13. The third-order valence-corrected chi connectivity index (χ3v) is 3.27. The second-order valence-corrected chi connectivity index (χ2v) is 5.05. The molecule has 0 fully saturated rings. The smallest absolute Gasteiger partial charge is 0.187 e. The number of rotatable bonds is 2. The van der Waals surface area contributed by atoms with Gasteiger partial charge in [0.05, 0.1) is 5.69 Å². The standard InChI is InChI=1S/C14H11ClFN5/c1-8-4-11(17)2-3-13(8)14-18-19-20-21(14)12-6-9(15)5-10(16)7-12/h2-7H,17H2,1H3. The molecule has 0 saturated heterocycles. The van der Waals surface area contributed by atoms with E-state index in [-0.39, 0.29) is 5.02 Å². The van der Waals surface area contributed by atoms with E-state index in [1.165, 1.54) is 16.8 Å². The number of anilines is 1. The molecule has 0 aliphatic rings. The van der Waals surface area contributed by atoms with Crippen molar-refractivity contribution in [2.24, 2.45) is 0 Å². The minimum Gasteiger partial charge on any atom is -0.399 e. The van der Waals surface area contributed by atoms with Crippen LogP contribution >= 0.6 is 11.6 Å². The van der Waals surface area contributed by atoms with E-state index in [0.717, 1.165) is 11.1 Å². The van der Waals surface area contributed by atoms with Gasteiger partial charge in [-0.1, -0.05) is 11.6 Å². The summed E-state index contributed by atoms with van der Waals surface area (Å²) < 4.78 is 14.9. The number of nitrogens with zero attached hydrogens (tertiary/aromatic N) is 4. The fourth-order valence-corrected chi connectivity index (χ4v) is 2.34. The van der Waals surface area contributed by atoms with Crippen LogP contribution in [-0.4, -0.2) is 20.2 Å². The summed E-state index contributed by atoms with van der Waals surface area (Å²) in [4.78, 5) is 0. The number of aryl methyl sites for hydroxylation is 1. The van der Waals surface area contributed by atoms with Crippen molar-refractivity contribution in [3.8, 4) is 17.1 Å². The Kier molecular flexibility index (Phi) is 3.31. The van der Waals surface area contributed by atoms with Crippen LogP contribution in [0.2, 0.25) is 5.02 Å². The molecule has 2 N–H and O–H groups in total. The van der Waals surface area contributed by atoms with E-state index in [1.54, 1.807) is 12.1 Å². The number of nitrogen functional groups attached to an aromatic ring is 1. The van der Waals surface area contributed by atoms with Gasteiger partial charge >= 0.3 is 0 Å². The molecule has 0 unspecified atom stereocenters. The molecule has 0 bridgehead atoms. The van der Waals surface area contributed by atoms with Crippen molar-refractivity contribution in [1.29, 1.82) is 0 Å². The maximum Gasteiger partial charge on any atom is 0.187 e. The molecule has 1 heterocycles. The molecule has 3 aromatic rings. The quantitative estimate of drug-likeness (QED) is 0.739. The average molecular weight is 304 g/mol. The molecule has 7 heteroatoms. The minimum atomic E-state index is -0.451. The number of halogens is 2. The molecule has 2 aromatic carbocycles. The van der Waals surface area contributed by atoms with Gasteiger partial charge in [0, 0.05) is 16.3 Å². The van der Waals surface area contributed by atoms with Gasteiger partial charge in [-0.15, -0.1) is 5.10 Å². The highest BCUT2D eigenvalue weighted by Gasteiger charge is 2.14. The van der Waals surface area contributed by atoms with Gasteiger partial charge in [0.2, 0.25) is 0 Å². The van der Waals surface area contributed by atoms with Gasteiger partial charge in [0.15, 0.2) is 5.82 Å². The topological polar surface area (TPSA) is 69.6 Å². The molecule has 1 aromatic heterocycles. The lowest BCUT2D eigenvalue weighted by molar-refractivity contribution is 0.625. The van der Waals surface area contributed by atoms with E-state index in [9.17, 15) is 4.39 Å². The zero-order valence-electron chi connectivity index (χ0n) is 11.1. The van der Waals surface area contributed by atoms with Gasteiger partial charge < -0.3 is 5.73 Å². The van der Waals surface area contributed by atoms with E-state index < -0.39 is 5.82 Å². The monoisotopic (exact) mass is 303 g/mol. The molecule has 0 radical (unpaired) electrons. The summed E-state index contributed by atoms with van der Waals surface area (Å²) in [6.07, 6.45) is 0. The van der Waals surface area contributed by atoms with E-state index in [0.29, 0.717) is 17.2 Å². The molecule has 0 atom stereocenters. The molecular formula is C14H11ClFN5. The number of nitrogens with two attached hydrogens (primary N) is 1. The van der Waals surface area contributed by atoms with E-state index >= 15 is 0 Å². The number of aromatic nitrogens is 4. The third kappa shape index (κ3) is 2.57. The van der Waals surface area contributed by atoms with Crippen LogP contribution in [0.5, 0.6) is 0 Å². The van der Waals surface area contributed by atoms with Crippen molar-refractivity contribution in [2.45, 2.75) is 6.92 Å². The first-order valence-corrected chi connectivity index (χ1v) is 6.54. The highest BCUT2D eigenvalue weighted by molar-refractivity contribution is 6.30. The van der Waals surface area contributed by atoms with Crippen LogP contribution < -0.4 is 5.73 Å². The Hall–Kier alpha value is -2.47. The predicted octanol–water partition coefficient (Wildman–Crippen LogP) is 3.01. The van der Waals surface area contributed by atoms with E-state index in [1.807, 2.05) is 19.1 Å². The summed E-state index contributed by atoms with van der Waals surface area (Å²) >= 11 is 5.88. The van der Waals surface area contributed by atoms with Gasteiger partial charge in [-0.25, -0.2) is 4.39 Å². The van der Waals surface area contributed by atoms with Crippen LogP contribution in [0.25, 0.3) is 17.1 Å². The first-order chi connectivity index (χ1) is 10.0. The maximum atomic E-state index is 13.5. The Bertz CT molecular complexity index is 795. The van der Waals surface area contributed by atoms with Crippen molar-refractivity contribution < 1.29 is 4.39 Å². The van der Waals surface area contributed by atoms with Crippen LogP contribution in [0.15, 0.2) is 36.4 Å². The molecule has 0 aliphatic carbocycles. The zero-order chi connectivity index (χ0) is 15.0. The molecule has 0 saturated carbocycles. The fraction of sp³-hybridized carbons (Fsp3) is 0.0714. The molecule has 21 heavy (non-hydrogen) atoms. The van der Waals surface area contributed by atoms with Gasteiger partial charge in [0.1, 0.15) is 5.82 Å². The summed E-state index contributed by atoms with van der Waals surface area (Å²) in [5.41, 5.74) is 8.59. The van der Waals surface area contributed by atoms with Crippen LogP contribution in [0.3, 0.4) is 0 Å². The lowest BCUT2D eigenvalue weighted by atomic mass is 10.1. The van der Waals surface area contributed by atoms with Crippen molar-refractivity contribution >= 4 is 17.3 Å². The Morgan fingerprint density at radius 3 is 2.71 bits per heavy atom. The molecular weight excluding hydrogens is 293 g/mol. The van der Waals surface area contributed by atoms with Gasteiger partial charge in [-0.3, -0.25) is 0 Å². The SMILES string of the molecule is Cc1cc(N)ccc1-c1nnnn1-c1cc(F)cc(Cl)c1. The van der Waals surface area contributed by atoms with Gasteiger partial charge in [0.25, 0.3) is 0 Å². The predicted molar refractivity (Wildman–Crippen MR) is 78.7 cm³/mol. The van der Waals surface area contributed by atoms with Crippen LogP contribution in [0, 0.1) is 12.7 Å². The zero-order valence-corrected chi connectivity index (χ0v) is 11.8. The summed E-state index contributed by atoms with van der Waals surface area (Å²) in [7, 11) is 0. The summed E-state index contributed by atoms with van der Waals surface area (Å²) in [5.74, 6) is 0.0437. The summed E-state index contributed by atoms with van der Waals surface area (Å²) in [5, 5.41) is 11.9. The number of hydrogen-bond acceptors (Lipinski definition) is 4. The Balaban J connectivity index is 2.17. The van der Waals surface area contributed by atoms with E-state index in [4.69, 9.17) is 17.3 Å². The van der Waals surface area contributed by atoms with Crippen molar-refractivity contribution in [3.05, 3.63) is 52.8 Å². The van der Waals surface area contributed by atoms with Crippen LogP contribution in [0.1, 0.15) is 5.56 Å². The highest BCUT2D eigenvalue weighted by Crippen LogP contribution is 2.26. The normalized spacial score (nSPS) is 10.8. The molecule has 3 rings (SSSR count). The van der Waals surface area contributed by atoms with Crippen molar-refractivity contribution in [2.75, 3.05) is 5.73 Å². The Morgan fingerprint density at radius 2 is 2.00 bits per heavy atom. The third-order valence-electron chi connectivity index (χ3n) is 3.05.